The SMILES string of the molecule is C=CCN(CC(=O)NCc1ccccc1F)C1CCS(=O)(=O)C1. The quantitative estimate of drug-likeness (QED) is 0.756. The van der Waals surface area contributed by atoms with Crippen molar-refractivity contribution in [3.8, 4) is 0 Å². The fourth-order valence-corrected chi connectivity index (χ4v) is 4.41. The van der Waals surface area contributed by atoms with Gasteiger partial charge in [0.05, 0.1) is 18.1 Å². The van der Waals surface area contributed by atoms with Crippen molar-refractivity contribution >= 4 is 15.7 Å². The lowest BCUT2D eigenvalue weighted by molar-refractivity contribution is -0.122. The molecular formula is C16H21FN2O3S. The Morgan fingerprint density at radius 2 is 2.17 bits per heavy atom. The molecule has 1 aromatic rings. The van der Waals surface area contributed by atoms with Crippen LogP contribution in [0.2, 0.25) is 0 Å². The van der Waals surface area contributed by atoms with Gasteiger partial charge >= 0.3 is 0 Å². The monoisotopic (exact) mass is 340 g/mol. The van der Waals surface area contributed by atoms with Crippen molar-refractivity contribution in [2.45, 2.75) is 19.0 Å². The Hall–Kier alpha value is -1.73. The Labute approximate surface area is 136 Å². The fourth-order valence-electron chi connectivity index (χ4n) is 2.65. The minimum atomic E-state index is -3.01. The maximum atomic E-state index is 13.5. The Kier molecular flexibility index (Phi) is 5.90. The summed E-state index contributed by atoms with van der Waals surface area (Å²) in [6.07, 6.45) is 2.17. The number of benzene rings is 1. The van der Waals surface area contributed by atoms with Gasteiger partial charge in [0.1, 0.15) is 5.82 Å². The first-order valence-electron chi connectivity index (χ1n) is 7.47. The number of halogens is 1. The Morgan fingerprint density at radius 3 is 2.78 bits per heavy atom. The molecule has 1 aliphatic heterocycles. The lowest BCUT2D eigenvalue weighted by Crippen LogP contribution is -2.43. The van der Waals surface area contributed by atoms with Crippen molar-refractivity contribution in [2.24, 2.45) is 0 Å². The van der Waals surface area contributed by atoms with Gasteiger partial charge in [0.2, 0.25) is 5.91 Å². The third-order valence-corrected chi connectivity index (χ3v) is 5.62. The number of hydrogen-bond donors (Lipinski definition) is 1. The van der Waals surface area contributed by atoms with E-state index in [4.69, 9.17) is 0 Å². The molecule has 126 valence electrons. The molecule has 1 unspecified atom stereocenters. The van der Waals surface area contributed by atoms with Crippen LogP contribution in [0.1, 0.15) is 12.0 Å². The molecule has 0 aromatic heterocycles. The Morgan fingerprint density at radius 1 is 1.43 bits per heavy atom. The maximum Gasteiger partial charge on any atom is 0.234 e. The molecule has 0 aliphatic carbocycles. The zero-order valence-electron chi connectivity index (χ0n) is 12.9. The van der Waals surface area contributed by atoms with Crippen molar-refractivity contribution in [3.05, 3.63) is 48.3 Å². The molecule has 1 aromatic carbocycles. The van der Waals surface area contributed by atoms with Crippen molar-refractivity contribution in [3.63, 3.8) is 0 Å². The van der Waals surface area contributed by atoms with Crippen LogP contribution >= 0.6 is 0 Å². The lowest BCUT2D eigenvalue weighted by Gasteiger charge is -2.26. The van der Waals surface area contributed by atoms with Gasteiger partial charge in [-0.3, -0.25) is 9.69 Å². The standard InChI is InChI=1S/C16H21FN2O3S/c1-2-8-19(14-7-9-23(21,22)12-14)11-16(20)18-10-13-5-3-4-6-15(13)17/h2-6,14H,1,7-12H2,(H,18,20). The summed E-state index contributed by atoms with van der Waals surface area (Å²) < 4.78 is 36.7. The molecule has 0 saturated carbocycles. The summed E-state index contributed by atoms with van der Waals surface area (Å²) in [4.78, 5) is 13.9. The average Bonchev–Trinajstić information content (AvgIpc) is 2.86. The number of amides is 1. The van der Waals surface area contributed by atoms with Gasteiger partial charge < -0.3 is 5.32 Å². The van der Waals surface area contributed by atoms with Gasteiger partial charge in [-0.1, -0.05) is 24.3 Å². The smallest absolute Gasteiger partial charge is 0.234 e. The molecule has 1 heterocycles. The molecule has 1 N–H and O–H groups in total. The molecule has 5 nitrogen and oxygen atoms in total. The highest BCUT2D eigenvalue weighted by atomic mass is 32.2. The van der Waals surface area contributed by atoms with Crippen LogP contribution < -0.4 is 5.32 Å². The van der Waals surface area contributed by atoms with Crippen LogP contribution in [-0.4, -0.2) is 49.9 Å². The molecule has 0 radical (unpaired) electrons. The van der Waals surface area contributed by atoms with Crippen LogP contribution in [0.5, 0.6) is 0 Å². The average molecular weight is 340 g/mol. The maximum absolute atomic E-state index is 13.5. The number of carbonyl (C=O) groups excluding carboxylic acids is 1. The highest BCUT2D eigenvalue weighted by Gasteiger charge is 2.32. The molecule has 7 heteroatoms. The number of rotatable bonds is 7. The van der Waals surface area contributed by atoms with Crippen LogP contribution in [0.3, 0.4) is 0 Å². The number of hydrogen-bond acceptors (Lipinski definition) is 4. The van der Waals surface area contributed by atoms with Crippen LogP contribution in [0.25, 0.3) is 0 Å². The predicted molar refractivity (Wildman–Crippen MR) is 87.1 cm³/mol. The van der Waals surface area contributed by atoms with Crippen molar-refractivity contribution < 1.29 is 17.6 Å². The number of carbonyl (C=O) groups is 1. The van der Waals surface area contributed by atoms with Gasteiger partial charge in [0.15, 0.2) is 9.84 Å². The molecule has 23 heavy (non-hydrogen) atoms. The number of nitrogens with zero attached hydrogens (tertiary/aromatic N) is 1. The van der Waals surface area contributed by atoms with E-state index in [9.17, 15) is 17.6 Å². The first-order chi connectivity index (χ1) is 10.9. The van der Waals surface area contributed by atoms with Crippen molar-refractivity contribution in [2.75, 3.05) is 24.6 Å². The number of sulfone groups is 1. The summed E-state index contributed by atoms with van der Waals surface area (Å²) in [6.45, 7) is 4.26. The van der Waals surface area contributed by atoms with Gasteiger partial charge in [0.25, 0.3) is 0 Å². The van der Waals surface area contributed by atoms with Gasteiger partial charge in [0, 0.05) is 24.7 Å². The van der Waals surface area contributed by atoms with E-state index in [2.05, 4.69) is 11.9 Å². The zero-order chi connectivity index (χ0) is 16.9. The molecule has 0 bridgehead atoms. The number of nitrogens with one attached hydrogen (secondary N) is 1. The largest absolute Gasteiger partial charge is 0.351 e. The first kappa shape index (κ1) is 17.6. The van der Waals surface area contributed by atoms with E-state index in [1.165, 1.54) is 6.07 Å². The van der Waals surface area contributed by atoms with E-state index in [1.807, 2.05) is 0 Å². The van der Waals surface area contributed by atoms with Gasteiger partial charge in [-0.15, -0.1) is 6.58 Å². The summed E-state index contributed by atoms with van der Waals surface area (Å²) in [5.74, 6) is -0.402. The Balaban J connectivity index is 1.91. The Bertz CT molecular complexity index is 676. The molecule has 0 spiro atoms. The molecule has 1 amide bonds. The second kappa shape index (κ2) is 7.70. The van der Waals surface area contributed by atoms with Crippen LogP contribution in [0.15, 0.2) is 36.9 Å². The minimum absolute atomic E-state index is 0.0701. The molecule has 1 atom stereocenters. The van der Waals surface area contributed by atoms with Crippen LogP contribution in [-0.2, 0) is 21.2 Å². The normalized spacial score (nSPS) is 19.7. The molecule has 1 fully saturated rings. The lowest BCUT2D eigenvalue weighted by atomic mass is 10.2. The molecule has 1 aliphatic rings. The fraction of sp³-hybridized carbons (Fsp3) is 0.438. The van der Waals surface area contributed by atoms with E-state index in [0.717, 1.165) is 0 Å². The predicted octanol–water partition coefficient (Wildman–Crippen LogP) is 1.12. The van der Waals surface area contributed by atoms with E-state index in [-0.39, 0.29) is 42.4 Å². The van der Waals surface area contributed by atoms with Gasteiger partial charge in [-0.25, -0.2) is 12.8 Å². The van der Waals surface area contributed by atoms with E-state index in [1.54, 1.807) is 29.2 Å². The third kappa shape index (κ3) is 5.14. The second-order valence-electron chi connectivity index (χ2n) is 5.64. The van der Waals surface area contributed by atoms with Gasteiger partial charge in [-0.2, -0.15) is 0 Å². The summed E-state index contributed by atoms with van der Waals surface area (Å²) in [5.41, 5.74) is 0.416. The summed E-state index contributed by atoms with van der Waals surface area (Å²) in [7, 11) is -3.01. The molecule has 2 rings (SSSR count). The van der Waals surface area contributed by atoms with Crippen molar-refractivity contribution in [1.82, 2.24) is 10.2 Å². The summed E-state index contributed by atoms with van der Waals surface area (Å²) in [5, 5.41) is 2.67. The molecular weight excluding hydrogens is 319 g/mol. The summed E-state index contributed by atoms with van der Waals surface area (Å²) >= 11 is 0. The van der Waals surface area contributed by atoms with Gasteiger partial charge in [-0.05, 0) is 12.5 Å². The highest BCUT2D eigenvalue weighted by molar-refractivity contribution is 7.91. The minimum Gasteiger partial charge on any atom is -0.351 e. The van der Waals surface area contributed by atoms with E-state index < -0.39 is 9.84 Å². The van der Waals surface area contributed by atoms with Crippen LogP contribution in [0, 0.1) is 5.82 Å². The van der Waals surface area contributed by atoms with E-state index >= 15 is 0 Å². The second-order valence-corrected chi connectivity index (χ2v) is 7.87. The first-order valence-corrected chi connectivity index (χ1v) is 9.29. The molecule has 1 saturated heterocycles. The van der Waals surface area contributed by atoms with Crippen molar-refractivity contribution in [1.29, 1.82) is 0 Å². The zero-order valence-corrected chi connectivity index (χ0v) is 13.7. The van der Waals surface area contributed by atoms with Crippen LogP contribution in [0.4, 0.5) is 4.39 Å². The topological polar surface area (TPSA) is 66.5 Å². The third-order valence-electron chi connectivity index (χ3n) is 3.87. The summed E-state index contributed by atoms with van der Waals surface area (Å²) in [6, 6.07) is 6.08. The highest BCUT2D eigenvalue weighted by Crippen LogP contribution is 2.17. The van der Waals surface area contributed by atoms with E-state index in [0.29, 0.717) is 18.5 Å².